The Morgan fingerprint density at radius 2 is 1.72 bits per heavy atom. The first kappa shape index (κ1) is 32.4. The number of nitrogens with zero attached hydrogens (tertiary/aromatic N) is 9. The summed E-state index contributed by atoms with van der Waals surface area (Å²) >= 11 is 4.90. The number of aryl methyl sites for hydroxylation is 3. The summed E-state index contributed by atoms with van der Waals surface area (Å²) < 4.78 is 4.75. The SMILES string of the molecule is Cc1ccc(C)c(-n2c(C)nnc2SCC(=O)N2CCN(C(C)(C)c3cn(C4CCCN(c5ccc(Br)cc5)C4=O)nn3)CC2)c1. The van der Waals surface area contributed by atoms with Crippen LogP contribution in [0.3, 0.4) is 0 Å². The number of anilines is 1. The number of carbonyl (C=O) groups is 2. The van der Waals surface area contributed by atoms with Crippen molar-refractivity contribution in [1.29, 1.82) is 0 Å². The third-order valence-corrected chi connectivity index (χ3v) is 10.6. The van der Waals surface area contributed by atoms with E-state index >= 15 is 0 Å². The molecule has 6 rings (SSSR count). The third-order valence-electron chi connectivity index (χ3n) is 9.15. The summed E-state index contributed by atoms with van der Waals surface area (Å²) in [5, 5.41) is 18.4. The van der Waals surface area contributed by atoms with Gasteiger partial charge in [0.2, 0.25) is 5.91 Å². The van der Waals surface area contributed by atoms with Gasteiger partial charge in [0.1, 0.15) is 17.6 Å². The molecule has 2 fully saturated rings. The van der Waals surface area contributed by atoms with Crippen molar-refractivity contribution < 1.29 is 9.59 Å². The van der Waals surface area contributed by atoms with Crippen LogP contribution in [0.1, 0.15) is 55.4 Å². The number of thioether (sulfide) groups is 1. The molecule has 2 amide bonds. The van der Waals surface area contributed by atoms with Gasteiger partial charge in [0.05, 0.1) is 23.2 Å². The summed E-state index contributed by atoms with van der Waals surface area (Å²) in [7, 11) is 0. The fourth-order valence-corrected chi connectivity index (χ4v) is 7.41. The maximum absolute atomic E-state index is 13.5. The monoisotopic (exact) mass is 705 g/mol. The third kappa shape index (κ3) is 6.50. The van der Waals surface area contributed by atoms with Crippen molar-refractivity contribution in [2.24, 2.45) is 0 Å². The van der Waals surface area contributed by atoms with Gasteiger partial charge in [-0.1, -0.05) is 45.0 Å². The van der Waals surface area contributed by atoms with Crippen LogP contribution in [0, 0.1) is 20.8 Å². The predicted molar refractivity (Wildman–Crippen MR) is 182 cm³/mol. The fraction of sp³-hybridized carbons (Fsp3) is 0.455. The van der Waals surface area contributed by atoms with Crippen molar-refractivity contribution in [2.45, 2.75) is 64.2 Å². The van der Waals surface area contributed by atoms with Crippen LogP contribution in [-0.4, -0.2) is 89.8 Å². The number of piperidine rings is 1. The van der Waals surface area contributed by atoms with Gasteiger partial charge in [-0.05, 0) is 88.9 Å². The van der Waals surface area contributed by atoms with Gasteiger partial charge in [-0.2, -0.15) is 0 Å². The predicted octanol–water partition coefficient (Wildman–Crippen LogP) is 5.09. The van der Waals surface area contributed by atoms with Crippen molar-refractivity contribution in [3.8, 4) is 5.69 Å². The molecule has 4 heterocycles. The minimum atomic E-state index is -0.412. The van der Waals surface area contributed by atoms with E-state index in [4.69, 9.17) is 0 Å². The van der Waals surface area contributed by atoms with E-state index in [2.05, 4.69) is 87.2 Å². The molecule has 0 spiro atoms. The number of rotatable bonds is 8. The molecule has 0 radical (unpaired) electrons. The quantitative estimate of drug-likeness (QED) is 0.234. The summed E-state index contributed by atoms with van der Waals surface area (Å²) in [5.41, 5.74) is 4.63. The Labute approximate surface area is 282 Å². The van der Waals surface area contributed by atoms with Gasteiger partial charge in [0.25, 0.3) is 5.91 Å². The van der Waals surface area contributed by atoms with Crippen molar-refractivity contribution in [3.05, 3.63) is 75.8 Å². The van der Waals surface area contributed by atoms with E-state index < -0.39 is 5.54 Å². The Bertz CT molecular complexity index is 1730. The number of amides is 2. The highest BCUT2D eigenvalue weighted by Crippen LogP contribution is 2.32. The maximum Gasteiger partial charge on any atom is 0.251 e. The molecule has 1 atom stereocenters. The molecule has 4 aromatic rings. The van der Waals surface area contributed by atoms with Crippen LogP contribution >= 0.6 is 27.7 Å². The molecule has 242 valence electrons. The second kappa shape index (κ2) is 13.3. The molecule has 0 N–H and O–H groups in total. The largest absolute Gasteiger partial charge is 0.339 e. The van der Waals surface area contributed by atoms with Crippen LogP contribution in [0.5, 0.6) is 0 Å². The lowest BCUT2D eigenvalue weighted by Gasteiger charge is -2.43. The molecule has 2 aromatic carbocycles. The van der Waals surface area contributed by atoms with E-state index in [9.17, 15) is 9.59 Å². The van der Waals surface area contributed by atoms with E-state index in [1.807, 2.05) is 51.8 Å². The minimum absolute atomic E-state index is 0.0373. The normalized spacial score (nSPS) is 18.0. The van der Waals surface area contributed by atoms with Crippen molar-refractivity contribution >= 4 is 45.2 Å². The number of piperazine rings is 1. The van der Waals surface area contributed by atoms with E-state index in [0.717, 1.165) is 56.5 Å². The maximum atomic E-state index is 13.5. The Hall–Kier alpha value is -3.55. The molecule has 0 aliphatic carbocycles. The average molecular weight is 707 g/mol. The van der Waals surface area contributed by atoms with Gasteiger partial charge < -0.3 is 9.80 Å². The number of hydrogen-bond donors (Lipinski definition) is 0. The molecule has 2 aromatic heterocycles. The van der Waals surface area contributed by atoms with Gasteiger partial charge >= 0.3 is 0 Å². The Kier molecular flexibility index (Phi) is 9.36. The summed E-state index contributed by atoms with van der Waals surface area (Å²) in [6.07, 6.45) is 3.55. The second-order valence-corrected chi connectivity index (χ2v) is 14.4. The highest BCUT2D eigenvalue weighted by Gasteiger charge is 2.37. The summed E-state index contributed by atoms with van der Waals surface area (Å²) in [5.74, 6) is 1.22. The van der Waals surface area contributed by atoms with Gasteiger partial charge in [0, 0.05) is 42.9 Å². The first-order valence-electron chi connectivity index (χ1n) is 15.7. The molecule has 2 aliphatic heterocycles. The highest BCUT2D eigenvalue weighted by atomic mass is 79.9. The average Bonchev–Trinajstić information content (AvgIpc) is 3.69. The standard InChI is InChI=1S/C33H40BrN9O2S/c1-22-8-9-23(2)28(19-22)43-24(3)35-37-32(43)46-21-30(44)39-15-17-40(18-16-39)33(4,5)29-20-42(38-36-29)27-7-6-14-41(31(27)45)26-12-10-25(34)11-13-26/h8-13,19-20,27H,6-7,14-18,21H2,1-5H3. The van der Waals surface area contributed by atoms with Gasteiger partial charge in [0.15, 0.2) is 5.16 Å². The van der Waals surface area contributed by atoms with Gasteiger partial charge in [-0.15, -0.1) is 15.3 Å². The van der Waals surface area contributed by atoms with Crippen molar-refractivity contribution in [1.82, 2.24) is 39.6 Å². The number of benzene rings is 2. The summed E-state index contributed by atoms with van der Waals surface area (Å²) in [6, 6.07) is 13.8. The molecule has 46 heavy (non-hydrogen) atoms. The van der Waals surface area contributed by atoms with Crippen LogP contribution in [-0.2, 0) is 15.1 Å². The molecule has 0 saturated carbocycles. The molecular weight excluding hydrogens is 666 g/mol. The topological polar surface area (TPSA) is 105 Å². The lowest BCUT2D eigenvalue weighted by Crippen LogP contribution is -2.55. The van der Waals surface area contributed by atoms with E-state index in [1.165, 1.54) is 11.8 Å². The van der Waals surface area contributed by atoms with Gasteiger partial charge in [-0.3, -0.25) is 19.1 Å². The van der Waals surface area contributed by atoms with Crippen LogP contribution in [0.15, 0.2) is 58.3 Å². The Balaban J connectivity index is 1.06. The lowest BCUT2D eigenvalue weighted by molar-refractivity contribution is -0.131. The zero-order valence-corrected chi connectivity index (χ0v) is 29.4. The molecule has 1 unspecified atom stereocenters. The smallest absolute Gasteiger partial charge is 0.251 e. The zero-order chi connectivity index (χ0) is 32.6. The Morgan fingerprint density at radius 3 is 2.46 bits per heavy atom. The molecule has 2 aliphatic rings. The molecule has 11 nitrogen and oxygen atoms in total. The minimum Gasteiger partial charge on any atom is -0.339 e. The fourth-order valence-electron chi connectivity index (χ4n) is 6.26. The first-order chi connectivity index (χ1) is 22.0. The molecule has 2 saturated heterocycles. The van der Waals surface area contributed by atoms with Crippen LogP contribution < -0.4 is 4.90 Å². The van der Waals surface area contributed by atoms with Crippen LogP contribution in [0.2, 0.25) is 0 Å². The van der Waals surface area contributed by atoms with Crippen molar-refractivity contribution in [2.75, 3.05) is 43.4 Å². The number of carbonyl (C=O) groups excluding carboxylic acids is 2. The highest BCUT2D eigenvalue weighted by molar-refractivity contribution is 9.10. The summed E-state index contributed by atoms with van der Waals surface area (Å²) in [4.78, 5) is 32.9. The molecule has 0 bridgehead atoms. The number of hydrogen-bond acceptors (Lipinski definition) is 8. The number of aromatic nitrogens is 6. The van der Waals surface area contributed by atoms with E-state index in [-0.39, 0.29) is 17.9 Å². The van der Waals surface area contributed by atoms with Gasteiger partial charge in [-0.25, -0.2) is 4.68 Å². The number of halogens is 1. The molecule has 13 heteroatoms. The van der Waals surface area contributed by atoms with E-state index in [0.29, 0.717) is 38.5 Å². The summed E-state index contributed by atoms with van der Waals surface area (Å²) in [6.45, 7) is 13.7. The lowest BCUT2D eigenvalue weighted by atomic mass is 9.97. The Morgan fingerprint density at radius 1 is 0.978 bits per heavy atom. The second-order valence-electron chi connectivity index (χ2n) is 12.6. The first-order valence-corrected chi connectivity index (χ1v) is 17.5. The molecular formula is C33H40BrN9O2S. The zero-order valence-electron chi connectivity index (χ0n) is 27.0. The van der Waals surface area contributed by atoms with E-state index in [1.54, 1.807) is 4.68 Å². The van der Waals surface area contributed by atoms with Crippen molar-refractivity contribution in [3.63, 3.8) is 0 Å². The van der Waals surface area contributed by atoms with Crippen LogP contribution in [0.4, 0.5) is 5.69 Å². The van der Waals surface area contributed by atoms with Crippen LogP contribution in [0.25, 0.3) is 5.69 Å².